The smallest absolute Gasteiger partial charge is 0.161 e. The van der Waals surface area contributed by atoms with Crippen LogP contribution in [0.3, 0.4) is 0 Å². The summed E-state index contributed by atoms with van der Waals surface area (Å²) in [6.07, 6.45) is 0. The predicted molar refractivity (Wildman–Crippen MR) is 84.1 cm³/mol. The Morgan fingerprint density at radius 3 is 1.68 bits per heavy atom. The molecule has 0 atom stereocenters. The van der Waals surface area contributed by atoms with E-state index in [0.717, 1.165) is 32.4 Å². The van der Waals surface area contributed by atoms with Crippen LogP contribution in [0, 0.1) is 0 Å². The minimum Gasteiger partial charge on any atom is -0.294 e. The van der Waals surface area contributed by atoms with Crippen molar-refractivity contribution in [2.45, 2.75) is 12.3 Å². The number of carbonyl (C=O) groups excluding carboxylic acids is 1. The van der Waals surface area contributed by atoms with E-state index in [4.69, 9.17) is 0 Å². The second-order valence-corrected chi connectivity index (χ2v) is 5.20. The van der Waals surface area contributed by atoms with Crippen LogP contribution in [0.1, 0.15) is 22.8 Å². The van der Waals surface area contributed by atoms with Crippen LogP contribution in [0.2, 0.25) is 0 Å². The minimum absolute atomic E-state index is 0.119. The zero-order valence-electron chi connectivity index (χ0n) is 10.6. The van der Waals surface area contributed by atoms with E-state index < -0.39 is 0 Å². The summed E-state index contributed by atoms with van der Waals surface area (Å²) >= 11 is 3.58. The number of rotatable bonds is 2. The van der Waals surface area contributed by atoms with Gasteiger partial charge < -0.3 is 0 Å². The minimum atomic E-state index is 0.119. The summed E-state index contributed by atoms with van der Waals surface area (Å²) in [6, 6.07) is 16.3. The third kappa shape index (κ3) is 1.87. The van der Waals surface area contributed by atoms with Crippen LogP contribution < -0.4 is 0 Å². The first-order valence-electron chi connectivity index (χ1n) is 6.23. The summed E-state index contributed by atoms with van der Waals surface area (Å²) in [5, 5.41) is 5.18. The van der Waals surface area contributed by atoms with E-state index in [2.05, 4.69) is 28.1 Å². The Morgan fingerprint density at radius 1 is 0.895 bits per heavy atom. The van der Waals surface area contributed by atoms with Crippen molar-refractivity contribution in [1.29, 1.82) is 0 Å². The lowest BCUT2D eigenvalue weighted by Gasteiger charge is -2.13. The van der Waals surface area contributed by atoms with Gasteiger partial charge in [0.2, 0.25) is 0 Å². The number of fused-ring (bicyclic) bond motifs is 2. The molecule has 0 radical (unpaired) electrons. The van der Waals surface area contributed by atoms with E-state index >= 15 is 0 Å². The number of alkyl halides is 1. The van der Waals surface area contributed by atoms with Gasteiger partial charge in [-0.25, -0.2) is 0 Å². The summed E-state index contributed by atoms with van der Waals surface area (Å²) < 4.78 is 0. The molecule has 0 aromatic heterocycles. The average molecular weight is 313 g/mol. The molecular formula is C17H13BrO. The van der Waals surface area contributed by atoms with Crippen LogP contribution in [-0.2, 0) is 5.33 Å². The van der Waals surface area contributed by atoms with E-state index in [1.807, 2.05) is 36.4 Å². The molecular weight excluding hydrogens is 300 g/mol. The predicted octanol–water partition coefficient (Wildman–Crippen LogP) is 5.09. The zero-order valence-corrected chi connectivity index (χ0v) is 12.2. The molecule has 0 aliphatic carbocycles. The lowest BCUT2D eigenvalue weighted by molar-refractivity contribution is 0.102. The fourth-order valence-electron chi connectivity index (χ4n) is 2.74. The highest BCUT2D eigenvalue weighted by atomic mass is 79.9. The molecule has 0 aliphatic heterocycles. The first kappa shape index (κ1) is 12.4. The number of halogens is 1. The Hall–Kier alpha value is -1.67. The lowest BCUT2D eigenvalue weighted by Crippen LogP contribution is -1.98. The number of carbonyl (C=O) groups is 1. The molecule has 0 amide bonds. The molecule has 94 valence electrons. The topological polar surface area (TPSA) is 17.1 Å². The van der Waals surface area contributed by atoms with E-state index in [1.165, 1.54) is 5.56 Å². The van der Waals surface area contributed by atoms with Crippen LogP contribution in [0.5, 0.6) is 0 Å². The number of ketones is 1. The second-order valence-electron chi connectivity index (χ2n) is 4.63. The molecule has 0 aliphatic rings. The fourth-order valence-corrected chi connectivity index (χ4v) is 3.35. The van der Waals surface area contributed by atoms with Crippen molar-refractivity contribution in [3.05, 3.63) is 59.7 Å². The molecule has 0 fully saturated rings. The number of hydrogen-bond acceptors (Lipinski definition) is 1. The van der Waals surface area contributed by atoms with Crippen LogP contribution in [-0.4, -0.2) is 5.78 Å². The molecule has 3 aromatic carbocycles. The summed E-state index contributed by atoms with van der Waals surface area (Å²) in [5.41, 5.74) is 2.08. The van der Waals surface area contributed by atoms with E-state index in [1.54, 1.807) is 6.92 Å². The molecule has 0 saturated heterocycles. The molecule has 0 bridgehead atoms. The van der Waals surface area contributed by atoms with Gasteiger partial charge in [0.05, 0.1) is 0 Å². The highest BCUT2D eigenvalue weighted by Gasteiger charge is 2.14. The van der Waals surface area contributed by atoms with Gasteiger partial charge in [-0.1, -0.05) is 64.5 Å². The zero-order chi connectivity index (χ0) is 13.4. The first-order chi connectivity index (χ1) is 9.24. The molecule has 0 N–H and O–H groups in total. The van der Waals surface area contributed by atoms with Crippen LogP contribution in [0.15, 0.2) is 48.5 Å². The third-order valence-electron chi connectivity index (χ3n) is 3.53. The average Bonchev–Trinajstić information content (AvgIpc) is 2.44. The van der Waals surface area contributed by atoms with E-state index in [9.17, 15) is 4.79 Å². The normalized spacial score (nSPS) is 11.1. The summed E-state index contributed by atoms with van der Waals surface area (Å²) in [7, 11) is 0. The Balaban J connectivity index is 2.65. The largest absolute Gasteiger partial charge is 0.294 e. The van der Waals surface area contributed by atoms with Crippen molar-refractivity contribution in [2.75, 3.05) is 0 Å². The lowest BCUT2D eigenvalue weighted by atomic mass is 9.91. The summed E-state index contributed by atoms with van der Waals surface area (Å²) in [4.78, 5) is 12.1. The highest BCUT2D eigenvalue weighted by Crippen LogP contribution is 2.34. The number of benzene rings is 3. The molecule has 1 nitrogen and oxygen atoms in total. The maximum atomic E-state index is 12.1. The van der Waals surface area contributed by atoms with Crippen molar-refractivity contribution in [3.8, 4) is 0 Å². The van der Waals surface area contributed by atoms with Crippen LogP contribution in [0.4, 0.5) is 0 Å². The van der Waals surface area contributed by atoms with Gasteiger partial charge >= 0.3 is 0 Å². The third-order valence-corrected chi connectivity index (χ3v) is 4.09. The van der Waals surface area contributed by atoms with Crippen molar-refractivity contribution in [1.82, 2.24) is 0 Å². The van der Waals surface area contributed by atoms with Crippen molar-refractivity contribution in [2.24, 2.45) is 0 Å². The SMILES string of the molecule is CC(=O)c1c2ccccc2c(CBr)c2ccccc12. The van der Waals surface area contributed by atoms with E-state index in [0.29, 0.717) is 0 Å². The molecule has 0 heterocycles. The van der Waals surface area contributed by atoms with Crippen molar-refractivity contribution >= 4 is 43.3 Å². The molecule has 0 unspecified atom stereocenters. The molecule has 19 heavy (non-hydrogen) atoms. The maximum Gasteiger partial charge on any atom is 0.161 e. The Labute approximate surface area is 120 Å². The van der Waals surface area contributed by atoms with Gasteiger partial charge in [0.1, 0.15) is 0 Å². The number of Topliss-reactive ketones (excluding diaryl/α,β-unsaturated/α-hetero) is 1. The molecule has 3 aromatic rings. The molecule has 2 heteroatoms. The van der Waals surface area contributed by atoms with Gasteiger partial charge in [0, 0.05) is 10.9 Å². The van der Waals surface area contributed by atoms with Gasteiger partial charge in [-0.2, -0.15) is 0 Å². The summed E-state index contributed by atoms with van der Waals surface area (Å²) in [6.45, 7) is 1.64. The second kappa shape index (κ2) is 4.78. The number of hydrogen-bond donors (Lipinski definition) is 0. The monoisotopic (exact) mass is 312 g/mol. The summed E-state index contributed by atoms with van der Waals surface area (Å²) in [5.74, 6) is 0.119. The Kier molecular flexibility index (Phi) is 3.11. The van der Waals surface area contributed by atoms with Gasteiger partial charge in [0.25, 0.3) is 0 Å². The van der Waals surface area contributed by atoms with Crippen molar-refractivity contribution < 1.29 is 4.79 Å². The van der Waals surface area contributed by atoms with E-state index in [-0.39, 0.29) is 5.78 Å². The van der Waals surface area contributed by atoms with Gasteiger partial charge in [-0.15, -0.1) is 0 Å². The molecule has 3 rings (SSSR count). The van der Waals surface area contributed by atoms with Gasteiger partial charge in [-0.3, -0.25) is 4.79 Å². The Bertz CT molecular complexity index is 733. The molecule has 0 spiro atoms. The van der Waals surface area contributed by atoms with Crippen molar-refractivity contribution in [3.63, 3.8) is 0 Å². The molecule has 0 saturated carbocycles. The Morgan fingerprint density at radius 2 is 1.32 bits per heavy atom. The highest BCUT2D eigenvalue weighted by molar-refractivity contribution is 9.08. The fraction of sp³-hybridized carbons (Fsp3) is 0.118. The maximum absolute atomic E-state index is 12.1. The van der Waals surface area contributed by atoms with Crippen LogP contribution >= 0.6 is 15.9 Å². The quantitative estimate of drug-likeness (QED) is 0.366. The van der Waals surface area contributed by atoms with Crippen LogP contribution in [0.25, 0.3) is 21.5 Å². The standard InChI is InChI=1S/C17H13BrO/c1-11(19)17-14-8-4-2-6-12(14)16(10-18)13-7-3-5-9-15(13)17/h2-9H,10H2,1H3. The van der Waals surface area contributed by atoms with Gasteiger partial charge in [-0.05, 0) is 34.0 Å². The van der Waals surface area contributed by atoms with Gasteiger partial charge in [0.15, 0.2) is 5.78 Å². The first-order valence-corrected chi connectivity index (χ1v) is 7.35.